The molecule has 168 valence electrons. The Hall–Kier alpha value is -3.40. The molecule has 0 unspecified atom stereocenters. The molecule has 9 nitrogen and oxygen atoms in total. The SMILES string of the molecule is CC(C)(C)OC(=O)N1CCc2nc(NC(=O)COc3ccc4ccc(=O)oc4c3)sc2C1. The molecule has 3 aromatic rings. The van der Waals surface area contributed by atoms with Crippen molar-refractivity contribution in [1.82, 2.24) is 9.88 Å². The molecule has 0 bridgehead atoms. The maximum absolute atomic E-state index is 12.3. The van der Waals surface area contributed by atoms with Crippen LogP contribution in [-0.4, -0.2) is 40.6 Å². The minimum atomic E-state index is -0.555. The Bertz CT molecular complexity index is 1230. The average molecular weight is 458 g/mol. The van der Waals surface area contributed by atoms with E-state index in [9.17, 15) is 14.4 Å². The van der Waals surface area contributed by atoms with E-state index in [0.717, 1.165) is 16.0 Å². The minimum Gasteiger partial charge on any atom is -0.484 e. The summed E-state index contributed by atoms with van der Waals surface area (Å²) in [4.78, 5) is 43.0. The van der Waals surface area contributed by atoms with Gasteiger partial charge in [0.2, 0.25) is 0 Å². The molecule has 0 radical (unpaired) electrons. The molecule has 10 heteroatoms. The lowest BCUT2D eigenvalue weighted by Crippen LogP contribution is -2.39. The summed E-state index contributed by atoms with van der Waals surface area (Å²) in [6.45, 7) is 6.18. The number of hydrogen-bond donors (Lipinski definition) is 1. The van der Waals surface area contributed by atoms with Gasteiger partial charge in [0.05, 0.1) is 12.2 Å². The third-order valence-corrected chi connectivity index (χ3v) is 5.59. The number of fused-ring (bicyclic) bond motifs is 2. The van der Waals surface area contributed by atoms with Gasteiger partial charge in [0, 0.05) is 35.4 Å². The van der Waals surface area contributed by atoms with Gasteiger partial charge >= 0.3 is 11.7 Å². The predicted octanol–water partition coefficient (Wildman–Crippen LogP) is 3.56. The number of nitrogens with one attached hydrogen (secondary N) is 1. The standard InChI is InChI=1S/C22H23N3O6S/c1-22(2,3)31-21(28)25-9-8-15-17(11-25)32-20(23-15)24-18(26)12-29-14-6-4-13-5-7-19(27)30-16(13)10-14/h4-7,10H,8-9,11-12H2,1-3H3,(H,23,24,26). The molecule has 0 saturated carbocycles. The number of nitrogens with zero attached hydrogens (tertiary/aromatic N) is 2. The minimum absolute atomic E-state index is 0.225. The third kappa shape index (κ3) is 5.25. The summed E-state index contributed by atoms with van der Waals surface area (Å²) in [7, 11) is 0. The van der Waals surface area contributed by atoms with Crippen LogP contribution in [0.4, 0.5) is 9.93 Å². The zero-order valence-corrected chi connectivity index (χ0v) is 18.8. The highest BCUT2D eigenvalue weighted by molar-refractivity contribution is 7.15. The van der Waals surface area contributed by atoms with E-state index in [1.54, 1.807) is 29.2 Å². The Labute approximate surface area is 187 Å². The molecule has 3 heterocycles. The molecule has 0 saturated heterocycles. The van der Waals surface area contributed by atoms with Gasteiger partial charge in [0.1, 0.15) is 16.9 Å². The lowest BCUT2D eigenvalue weighted by molar-refractivity contribution is -0.118. The number of ether oxygens (including phenoxy) is 2. The number of benzene rings is 1. The van der Waals surface area contributed by atoms with Crippen molar-refractivity contribution in [2.75, 3.05) is 18.5 Å². The van der Waals surface area contributed by atoms with E-state index in [2.05, 4.69) is 10.3 Å². The Kier molecular flexibility index (Phi) is 5.88. The summed E-state index contributed by atoms with van der Waals surface area (Å²) in [6, 6.07) is 8.01. The quantitative estimate of drug-likeness (QED) is 0.596. The molecular weight excluding hydrogens is 434 g/mol. The van der Waals surface area contributed by atoms with Crippen LogP contribution in [0.25, 0.3) is 11.0 Å². The second-order valence-corrected chi connectivity index (χ2v) is 9.42. The van der Waals surface area contributed by atoms with Gasteiger partial charge in [-0.25, -0.2) is 14.6 Å². The van der Waals surface area contributed by atoms with E-state index in [1.165, 1.54) is 17.4 Å². The maximum Gasteiger partial charge on any atom is 0.410 e. The molecule has 0 fully saturated rings. The number of amides is 2. The van der Waals surface area contributed by atoms with Crippen molar-refractivity contribution in [3.05, 3.63) is 51.3 Å². The van der Waals surface area contributed by atoms with Crippen LogP contribution in [0.1, 0.15) is 31.3 Å². The van der Waals surface area contributed by atoms with Gasteiger partial charge in [0.15, 0.2) is 11.7 Å². The summed E-state index contributed by atoms with van der Waals surface area (Å²) in [5, 5.41) is 3.95. The summed E-state index contributed by atoms with van der Waals surface area (Å²) in [6.07, 6.45) is 0.237. The number of anilines is 1. The van der Waals surface area contributed by atoms with Gasteiger partial charge < -0.3 is 18.8 Å². The fraction of sp³-hybridized carbons (Fsp3) is 0.364. The lowest BCUT2D eigenvalue weighted by atomic mass is 10.2. The lowest BCUT2D eigenvalue weighted by Gasteiger charge is -2.29. The Balaban J connectivity index is 1.34. The summed E-state index contributed by atoms with van der Waals surface area (Å²) in [5.74, 6) is 0.0446. The Morgan fingerprint density at radius 2 is 2.03 bits per heavy atom. The van der Waals surface area contributed by atoms with Crippen LogP contribution in [-0.2, 0) is 22.5 Å². The van der Waals surface area contributed by atoms with Crippen LogP contribution >= 0.6 is 11.3 Å². The molecule has 2 aromatic heterocycles. The highest BCUT2D eigenvalue weighted by Gasteiger charge is 2.28. The maximum atomic E-state index is 12.3. The van der Waals surface area contributed by atoms with Crippen molar-refractivity contribution in [3.8, 4) is 5.75 Å². The van der Waals surface area contributed by atoms with Crippen molar-refractivity contribution in [2.24, 2.45) is 0 Å². The number of carbonyl (C=O) groups is 2. The van der Waals surface area contributed by atoms with Crippen molar-refractivity contribution >= 4 is 39.4 Å². The highest BCUT2D eigenvalue weighted by atomic mass is 32.1. The number of aromatic nitrogens is 1. The molecule has 1 aliphatic heterocycles. The fourth-order valence-electron chi connectivity index (χ4n) is 3.17. The van der Waals surface area contributed by atoms with Crippen LogP contribution in [0.3, 0.4) is 0 Å². The van der Waals surface area contributed by atoms with Crippen molar-refractivity contribution < 1.29 is 23.5 Å². The first-order valence-electron chi connectivity index (χ1n) is 10.1. The van der Waals surface area contributed by atoms with Gasteiger partial charge in [-0.3, -0.25) is 10.1 Å². The van der Waals surface area contributed by atoms with Gasteiger partial charge in [-0.15, -0.1) is 0 Å². The molecule has 1 aromatic carbocycles. The van der Waals surface area contributed by atoms with Gasteiger partial charge in [-0.1, -0.05) is 11.3 Å². The van der Waals surface area contributed by atoms with Crippen molar-refractivity contribution in [1.29, 1.82) is 0 Å². The summed E-state index contributed by atoms with van der Waals surface area (Å²) >= 11 is 1.33. The topological polar surface area (TPSA) is 111 Å². The molecule has 4 rings (SSSR count). The van der Waals surface area contributed by atoms with Crippen LogP contribution in [0, 0.1) is 0 Å². The van der Waals surface area contributed by atoms with Crippen LogP contribution in [0.15, 0.2) is 39.5 Å². The molecule has 32 heavy (non-hydrogen) atoms. The van der Waals surface area contributed by atoms with E-state index in [4.69, 9.17) is 13.9 Å². The zero-order chi connectivity index (χ0) is 22.9. The van der Waals surface area contributed by atoms with Crippen molar-refractivity contribution in [3.63, 3.8) is 0 Å². The number of thiazole rings is 1. The Morgan fingerprint density at radius 3 is 2.81 bits per heavy atom. The molecular formula is C22H23N3O6S. The van der Waals surface area contributed by atoms with Crippen molar-refractivity contribution in [2.45, 2.75) is 39.3 Å². The second kappa shape index (κ2) is 8.62. The first-order valence-corrected chi connectivity index (χ1v) is 10.9. The van der Waals surface area contributed by atoms with E-state index in [1.807, 2.05) is 20.8 Å². The van der Waals surface area contributed by atoms with E-state index < -0.39 is 11.2 Å². The van der Waals surface area contributed by atoms with E-state index in [0.29, 0.717) is 36.0 Å². The second-order valence-electron chi connectivity index (χ2n) is 8.33. The average Bonchev–Trinajstić information content (AvgIpc) is 3.12. The van der Waals surface area contributed by atoms with Gasteiger partial charge in [0.25, 0.3) is 5.91 Å². The zero-order valence-electron chi connectivity index (χ0n) is 18.0. The highest BCUT2D eigenvalue weighted by Crippen LogP contribution is 2.29. The van der Waals surface area contributed by atoms with Gasteiger partial charge in [-0.2, -0.15) is 0 Å². The summed E-state index contributed by atoms with van der Waals surface area (Å²) < 4.78 is 16.1. The summed E-state index contributed by atoms with van der Waals surface area (Å²) in [5.41, 5.74) is 0.249. The molecule has 2 amide bonds. The first-order chi connectivity index (χ1) is 15.2. The van der Waals surface area contributed by atoms with Crippen LogP contribution in [0.5, 0.6) is 5.75 Å². The Morgan fingerprint density at radius 1 is 1.25 bits per heavy atom. The first kappa shape index (κ1) is 21.8. The predicted molar refractivity (Wildman–Crippen MR) is 119 cm³/mol. The normalized spacial score (nSPS) is 13.5. The van der Waals surface area contributed by atoms with Gasteiger partial charge in [-0.05, 0) is 39.0 Å². The van der Waals surface area contributed by atoms with Crippen LogP contribution in [0.2, 0.25) is 0 Å². The molecule has 1 N–H and O–H groups in total. The van der Waals surface area contributed by atoms with Crippen LogP contribution < -0.4 is 15.7 Å². The fourth-order valence-corrected chi connectivity index (χ4v) is 4.21. The monoisotopic (exact) mass is 457 g/mol. The molecule has 0 spiro atoms. The van der Waals surface area contributed by atoms with E-state index >= 15 is 0 Å². The number of carbonyl (C=O) groups excluding carboxylic acids is 2. The smallest absolute Gasteiger partial charge is 0.410 e. The number of rotatable bonds is 4. The number of hydrogen-bond acceptors (Lipinski definition) is 8. The van der Waals surface area contributed by atoms with E-state index in [-0.39, 0.29) is 18.6 Å². The third-order valence-electron chi connectivity index (χ3n) is 4.59. The molecule has 1 aliphatic rings. The largest absolute Gasteiger partial charge is 0.484 e. The molecule has 0 aliphatic carbocycles. The molecule has 0 atom stereocenters.